The zero-order chi connectivity index (χ0) is 24.1. The summed E-state index contributed by atoms with van der Waals surface area (Å²) in [7, 11) is 0. The molecule has 0 fully saturated rings. The monoisotopic (exact) mass is 476 g/mol. The van der Waals surface area contributed by atoms with Gasteiger partial charge in [-0.15, -0.1) is 0 Å². The molecule has 0 spiro atoms. The molecule has 2 aromatic heterocycles. The molecule has 0 bridgehead atoms. The van der Waals surface area contributed by atoms with Crippen molar-refractivity contribution in [2.24, 2.45) is 0 Å². The normalized spacial score (nSPS) is 15.1. The van der Waals surface area contributed by atoms with Crippen molar-refractivity contribution in [2.75, 3.05) is 11.5 Å². The maximum absolute atomic E-state index is 13.6. The number of para-hydroxylation sites is 1. The van der Waals surface area contributed by atoms with E-state index in [2.05, 4.69) is 4.98 Å². The number of rotatable bonds is 5. The van der Waals surface area contributed by atoms with Crippen molar-refractivity contribution in [1.82, 2.24) is 4.98 Å². The number of hydrogen-bond donors (Lipinski definition) is 1. The Labute approximate surface area is 198 Å². The van der Waals surface area contributed by atoms with Crippen molar-refractivity contribution < 1.29 is 23.8 Å². The Morgan fingerprint density at radius 2 is 2.00 bits per heavy atom. The van der Waals surface area contributed by atoms with Gasteiger partial charge in [0, 0.05) is 6.92 Å². The smallest absolute Gasteiger partial charge is 0.297 e. The Morgan fingerprint density at radius 1 is 1.24 bits per heavy atom. The Bertz CT molecular complexity index is 1540. The van der Waals surface area contributed by atoms with Crippen LogP contribution in [-0.2, 0) is 0 Å². The number of phenols is 1. The van der Waals surface area contributed by atoms with Crippen molar-refractivity contribution in [3.05, 3.63) is 80.1 Å². The van der Waals surface area contributed by atoms with Crippen LogP contribution in [0.2, 0.25) is 0 Å². The molecule has 1 aliphatic rings. The quantitative estimate of drug-likeness (QED) is 0.419. The van der Waals surface area contributed by atoms with E-state index in [0.717, 1.165) is 11.3 Å². The number of nitrogens with zero attached hydrogens (tertiary/aromatic N) is 2. The predicted octanol–water partition coefficient (Wildman–Crippen LogP) is 4.61. The highest BCUT2D eigenvalue weighted by atomic mass is 32.1. The molecule has 0 unspecified atom stereocenters. The van der Waals surface area contributed by atoms with Gasteiger partial charge < -0.3 is 14.3 Å². The van der Waals surface area contributed by atoms with Gasteiger partial charge in [-0.3, -0.25) is 19.3 Å². The fourth-order valence-electron chi connectivity index (χ4n) is 4.22. The van der Waals surface area contributed by atoms with E-state index >= 15 is 0 Å². The molecule has 1 amide bonds. The number of fused-ring (bicyclic) bond motifs is 2. The van der Waals surface area contributed by atoms with Crippen LogP contribution in [0.1, 0.15) is 56.9 Å². The van der Waals surface area contributed by atoms with Crippen LogP contribution in [0.15, 0.2) is 51.7 Å². The molecule has 5 rings (SSSR count). The molecule has 3 heterocycles. The summed E-state index contributed by atoms with van der Waals surface area (Å²) < 4.78 is 11.5. The minimum absolute atomic E-state index is 0.0591. The number of hydrogen-bond acceptors (Lipinski definition) is 8. The van der Waals surface area contributed by atoms with Gasteiger partial charge in [0.2, 0.25) is 5.76 Å². The van der Waals surface area contributed by atoms with E-state index in [1.54, 1.807) is 50.2 Å². The number of thiazole rings is 1. The Hall–Kier alpha value is -3.98. The highest BCUT2D eigenvalue weighted by Gasteiger charge is 2.45. The first kappa shape index (κ1) is 21.8. The number of ketones is 1. The van der Waals surface area contributed by atoms with Gasteiger partial charge in [0.25, 0.3) is 5.91 Å². The number of aryl methyl sites for hydroxylation is 1. The lowest BCUT2D eigenvalue weighted by atomic mass is 9.98. The average Bonchev–Trinajstić information content (AvgIpc) is 3.33. The summed E-state index contributed by atoms with van der Waals surface area (Å²) in [5, 5.41) is 10.8. The number of aromatic hydroxyl groups is 1. The molecule has 9 heteroatoms. The molecule has 8 nitrogen and oxygen atoms in total. The Kier molecular flexibility index (Phi) is 5.21. The number of carbonyl (C=O) groups is 2. The summed E-state index contributed by atoms with van der Waals surface area (Å²) in [6.07, 6.45) is 0. The SMILES string of the molecule is CCOc1cc([C@H]2c3c(oc4ccccc4c3=O)C(=O)N2c2nc(C)c(C(C)=O)s2)ccc1O. The molecule has 1 N–H and O–H groups in total. The molecule has 0 aliphatic carbocycles. The fourth-order valence-corrected chi connectivity index (χ4v) is 5.21. The molecule has 0 saturated heterocycles. The third kappa shape index (κ3) is 3.28. The highest BCUT2D eigenvalue weighted by Crippen LogP contribution is 2.44. The number of ether oxygens (including phenoxy) is 1. The van der Waals surface area contributed by atoms with Gasteiger partial charge in [0.15, 0.2) is 27.8 Å². The van der Waals surface area contributed by atoms with Crippen LogP contribution >= 0.6 is 11.3 Å². The van der Waals surface area contributed by atoms with Crippen LogP contribution in [-0.4, -0.2) is 28.4 Å². The van der Waals surface area contributed by atoms with Crippen molar-refractivity contribution in [2.45, 2.75) is 26.8 Å². The number of phenolic OH excluding ortho intramolecular Hbond substituents is 1. The van der Waals surface area contributed by atoms with E-state index < -0.39 is 11.9 Å². The summed E-state index contributed by atoms with van der Waals surface area (Å²) in [4.78, 5) is 45.6. The van der Waals surface area contributed by atoms with Crippen LogP contribution in [0, 0.1) is 6.92 Å². The van der Waals surface area contributed by atoms with E-state index in [4.69, 9.17) is 9.15 Å². The van der Waals surface area contributed by atoms with Crippen molar-refractivity contribution in [3.63, 3.8) is 0 Å². The lowest BCUT2D eigenvalue weighted by Crippen LogP contribution is -2.29. The standard InChI is InChI=1S/C25H20N2O6S/c1-4-32-18-11-14(9-10-16(18)29)20-19-21(30)15-7-5-6-8-17(15)33-22(19)24(31)27(20)25-26-12(2)23(34-25)13(3)28/h5-11,20,29H,4H2,1-3H3/t20-/m0/s1. The molecule has 1 atom stereocenters. The topological polar surface area (TPSA) is 110 Å². The van der Waals surface area contributed by atoms with Crippen LogP contribution in [0.5, 0.6) is 11.5 Å². The van der Waals surface area contributed by atoms with Crippen molar-refractivity contribution in [1.29, 1.82) is 0 Å². The van der Waals surface area contributed by atoms with Gasteiger partial charge in [-0.25, -0.2) is 4.98 Å². The summed E-state index contributed by atoms with van der Waals surface area (Å²) in [6, 6.07) is 10.5. The molecule has 4 aromatic rings. The third-order valence-corrected chi connectivity index (χ3v) is 6.95. The number of amides is 1. The molecule has 172 valence electrons. The summed E-state index contributed by atoms with van der Waals surface area (Å²) in [6.45, 7) is 5.25. The van der Waals surface area contributed by atoms with Crippen LogP contribution in [0.25, 0.3) is 11.0 Å². The zero-order valence-corrected chi connectivity index (χ0v) is 19.4. The number of Topliss-reactive ketones (excluding diaryl/α,β-unsaturated/α-hetero) is 1. The Morgan fingerprint density at radius 3 is 2.71 bits per heavy atom. The lowest BCUT2D eigenvalue weighted by Gasteiger charge is -2.23. The second kappa shape index (κ2) is 8.11. The van der Waals surface area contributed by atoms with Crippen molar-refractivity contribution in [3.8, 4) is 11.5 Å². The van der Waals surface area contributed by atoms with Gasteiger partial charge in [-0.1, -0.05) is 29.5 Å². The number of aromatic nitrogens is 1. The van der Waals surface area contributed by atoms with Gasteiger partial charge in [-0.05, 0) is 43.7 Å². The van der Waals surface area contributed by atoms with E-state index in [0.29, 0.717) is 33.7 Å². The van der Waals surface area contributed by atoms with Gasteiger partial charge in [-0.2, -0.15) is 0 Å². The first-order valence-electron chi connectivity index (χ1n) is 10.6. The maximum Gasteiger partial charge on any atom is 0.297 e. The maximum atomic E-state index is 13.6. The van der Waals surface area contributed by atoms with E-state index in [9.17, 15) is 19.5 Å². The molecule has 1 aliphatic heterocycles. The van der Waals surface area contributed by atoms with Crippen LogP contribution < -0.4 is 15.1 Å². The lowest BCUT2D eigenvalue weighted by molar-refractivity contribution is 0.0969. The molecule has 2 aromatic carbocycles. The zero-order valence-electron chi connectivity index (χ0n) is 18.6. The molecular weight excluding hydrogens is 456 g/mol. The summed E-state index contributed by atoms with van der Waals surface area (Å²) in [5.74, 6) is -0.596. The molecule has 0 radical (unpaired) electrons. The van der Waals surface area contributed by atoms with Gasteiger partial charge in [0.05, 0.1) is 34.2 Å². The molecule has 34 heavy (non-hydrogen) atoms. The van der Waals surface area contributed by atoms with E-state index in [1.165, 1.54) is 17.9 Å². The predicted molar refractivity (Wildman–Crippen MR) is 127 cm³/mol. The first-order valence-corrected chi connectivity index (χ1v) is 11.5. The van der Waals surface area contributed by atoms with Crippen LogP contribution in [0.4, 0.5) is 5.13 Å². The Balaban J connectivity index is 1.79. The second-order valence-electron chi connectivity index (χ2n) is 7.88. The summed E-state index contributed by atoms with van der Waals surface area (Å²) >= 11 is 1.09. The van der Waals surface area contributed by atoms with Gasteiger partial charge >= 0.3 is 0 Å². The second-order valence-corrected chi connectivity index (χ2v) is 8.85. The van der Waals surface area contributed by atoms with Crippen molar-refractivity contribution >= 4 is 39.1 Å². The average molecular weight is 477 g/mol. The largest absolute Gasteiger partial charge is 0.504 e. The third-order valence-electron chi connectivity index (χ3n) is 5.69. The van der Waals surface area contributed by atoms with Gasteiger partial charge in [0.1, 0.15) is 5.58 Å². The van der Waals surface area contributed by atoms with E-state index in [-0.39, 0.29) is 39.2 Å². The number of benzene rings is 2. The minimum atomic E-state index is -0.881. The highest BCUT2D eigenvalue weighted by molar-refractivity contribution is 7.17. The molecule has 0 saturated carbocycles. The van der Waals surface area contributed by atoms with Crippen LogP contribution in [0.3, 0.4) is 0 Å². The number of carbonyl (C=O) groups excluding carboxylic acids is 2. The summed E-state index contributed by atoms with van der Waals surface area (Å²) in [5.41, 5.74) is 1.19. The first-order chi connectivity index (χ1) is 16.3. The van der Waals surface area contributed by atoms with E-state index in [1.807, 2.05) is 0 Å². The fraction of sp³-hybridized carbons (Fsp3) is 0.200. The number of anilines is 1. The molecular formula is C25H20N2O6S. The minimum Gasteiger partial charge on any atom is -0.504 e.